The van der Waals surface area contributed by atoms with E-state index in [0.717, 1.165) is 5.56 Å². The average molecular weight is 625 g/mol. The van der Waals surface area contributed by atoms with E-state index in [1.807, 2.05) is 0 Å². The van der Waals surface area contributed by atoms with E-state index in [4.69, 9.17) is 0 Å². The van der Waals surface area contributed by atoms with Crippen molar-refractivity contribution >= 4 is 17.9 Å². The third kappa shape index (κ3) is 6.89. The summed E-state index contributed by atoms with van der Waals surface area (Å²) in [7, 11) is 1.74. The number of alkyl halides is 6. The van der Waals surface area contributed by atoms with Crippen LogP contribution in [-0.2, 0) is 30.7 Å². The molecule has 0 radical (unpaired) electrons. The van der Waals surface area contributed by atoms with Crippen LogP contribution in [0.15, 0.2) is 43.0 Å². The largest absolute Gasteiger partial charge is 0.416 e. The first-order valence-electron chi connectivity index (χ1n) is 13.8. The SMILES string of the molecule is CC(=O)N1CCN(C(=O)N2CC[C@H](N(Cc3cc(C(F)(F)F)cc(C(F)(F)F)c3)c3ncc(-c4cnn(C)c4)cn3)C2)CC1. The van der Waals surface area contributed by atoms with Gasteiger partial charge in [-0.3, -0.25) is 9.48 Å². The molecule has 2 fully saturated rings. The van der Waals surface area contributed by atoms with Gasteiger partial charge in [-0.05, 0) is 30.2 Å². The van der Waals surface area contributed by atoms with Gasteiger partial charge in [-0.1, -0.05) is 0 Å². The summed E-state index contributed by atoms with van der Waals surface area (Å²) >= 11 is 0. The van der Waals surface area contributed by atoms with Crippen molar-refractivity contribution in [3.8, 4) is 11.1 Å². The van der Waals surface area contributed by atoms with Crippen LogP contribution in [0.5, 0.6) is 0 Å². The van der Waals surface area contributed by atoms with Crippen molar-refractivity contribution in [2.45, 2.75) is 38.3 Å². The average Bonchev–Trinajstić information content (AvgIpc) is 3.64. The molecular weight excluding hydrogens is 594 g/mol. The van der Waals surface area contributed by atoms with Crippen LogP contribution in [0, 0.1) is 0 Å². The second-order valence-corrected chi connectivity index (χ2v) is 10.9. The molecule has 3 amide bonds. The highest BCUT2D eigenvalue weighted by Gasteiger charge is 2.39. The molecule has 10 nitrogen and oxygen atoms in total. The first kappa shape index (κ1) is 31.1. The summed E-state index contributed by atoms with van der Waals surface area (Å²) in [6, 6.07) is 0.735. The molecule has 4 heterocycles. The summed E-state index contributed by atoms with van der Waals surface area (Å²) in [6.45, 7) is 3.09. The van der Waals surface area contributed by atoms with Gasteiger partial charge in [0.15, 0.2) is 0 Å². The van der Waals surface area contributed by atoms with Crippen LogP contribution in [0.2, 0.25) is 0 Å². The smallest absolute Gasteiger partial charge is 0.339 e. The Hall–Kier alpha value is -4.37. The molecule has 0 aliphatic carbocycles. The summed E-state index contributed by atoms with van der Waals surface area (Å²) in [5, 5.41) is 4.11. The maximum absolute atomic E-state index is 13.6. The van der Waals surface area contributed by atoms with Gasteiger partial charge in [-0.25, -0.2) is 14.8 Å². The quantitative estimate of drug-likeness (QED) is 0.394. The Morgan fingerprint density at radius 1 is 0.841 bits per heavy atom. The molecule has 2 aliphatic heterocycles. The number of hydrogen-bond acceptors (Lipinski definition) is 6. The van der Waals surface area contributed by atoms with Crippen LogP contribution in [-0.4, -0.2) is 91.7 Å². The number of carbonyl (C=O) groups excluding carboxylic acids is 2. The first-order valence-corrected chi connectivity index (χ1v) is 13.8. The molecule has 3 aromatic rings. The monoisotopic (exact) mass is 624 g/mol. The number of likely N-dealkylation sites (tertiary alicyclic amines) is 1. The third-order valence-corrected chi connectivity index (χ3v) is 7.80. The van der Waals surface area contributed by atoms with Crippen LogP contribution >= 0.6 is 0 Å². The van der Waals surface area contributed by atoms with Crippen molar-refractivity contribution in [2.75, 3.05) is 44.2 Å². The lowest BCUT2D eigenvalue weighted by Crippen LogP contribution is -2.53. The van der Waals surface area contributed by atoms with Gasteiger partial charge < -0.3 is 19.6 Å². The van der Waals surface area contributed by atoms with Crippen molar-refractivity contribution in [2.24, 2.45) is 7.05 Å². The van der Waals surface area contributed by atoms with Crippen LogP contribution in [0.1, 0.15) is 30.0 Å². The van der Waals surface area contributed by atoms with Gasteiger partial charge in [-0.15, -0.1) is 0 Å². The summed E-state index contributed by atoms with van der Waals surface area (Å²) < 4.78 is 83.2. The molecule has 0 N–H and O–H groups in total. The van der Waals surface area contributed by atoms with Gasteiger partial charge in [-0.2, -0.15) is 31.4 Å². The molecule has 16 heteroatoms. The second-order valence-electron chi connectivity index (χ2n) is 10.9. The molecule has 0 bridgehead atoms. The molecule has 0 saturated carbocycles. The number of rotatable bonds is 5. The number of hydrogen-bond donors (Lipinski definition) is 0. The number of anilines is 1. The fraction of sp³-hybridized carbons (Fsp3) is 0.464. The normalized spacial score (nSPS) is 17.7. The Kier molecular flexibility index (Phi) is 8.44. The minimum absolute atomic E-state index is 0.0770. The van der Waals surface area contributed by atoms with Gasteiger partial charge in [0.25, 0.3) is 0 Å². The number of amides is 3. The van der Waals surface area contributed by atoms with Crippen LogP contribution in [0.4, 0.5) is 37.1 Å². The van der Waals surface area contributed by atoms with Crippen molar-refractivity contribution in [3.63, 3.8) is 0 Å². The van der Waals surface area contributed by atoms with Gasteiger partial charge in [0, 0.05) is 89.5 Å². The fourth-order valence-corrected chi connectivity index (χ4v) is 5.44. The topological polar surface area (TPSA) is 90.7 Å². The summed E-state index contributed by atoms with van der Waals surface area (Å²) in [5.41, 5.74) is -1.71. The Morgan fingerprint density at radius 3 is 1.95 bits per heavy atom. The number of aromatic nitrogens is 4. The minimum Gasteiger partial charge on any atom is -0.339 e. The van der Waals surface area contributed by atoms with E-state index in [1.165, 1.54) is 19.3 Å². The predicted molar refractivity (Wildman–Crippen MR) is 146 cm³/mol. The summed E-state index contributed by atoms with van der Waals surface area (Å²) in [5.74, 6) is 0.0183. The van der Waals surface area contributed by atoms with E-state index in [-0.39, 0.29) is 42.6 Å². The van der Waals surface area contributed by atoms with Gasteiger partial charge in [0.1, 0.15) is 0 Å². The number of aryl methyl sites for hydroxylation is 1. The van der Waals surface area contributed by atoms with Gasteiger partial charge in [0.2, 0.25) is 11.9 Å². The van der Waals surface area contributed by atoms with E-state index in [9.17, 15) is 35.9 Å². The van der Waals surface area contributed by atoms with E-state index < -0.39 is 29.5 Å². The molecule has 0 unspecified atom stereocenters. The molecule has 2 aliphatic rings. The van der Waals surface area contributed by atoms with Gasteiger partial charge >= 0.3 is 18.4 Å². The van der Waals surface area contributed by atoms with Crippen molar-refractivity contribution < 1.29 is 35.9 Å². The number of urea groups is 1. The summed E-state index contributed by atoms with van der Waals surface area (Å²) in [4.78, 5) is 40.2. The lowest BCUT2D eigenvalue weighted by molar-refractivity contribution is -0.143. The summed E-state index contributed by atoms with van der Waals surface area (Å²) in [6.07, 6.45) is -3.24. The number of piperazine rings is 1. The van der Waals surface area contributed by atoms with Crippen molar-refractivity contribution in [1.82, 2.24) is 34.4 Å². The Balaban J connectivity index is 1.42. The van der Waals surface area contributed by atoms with Crippen LogP contribution in [0.3, 0.4) is 0 Å². The molecule has 2 aromatic heterocycles. The zero-order valence-corrected chi connectivity index (χ0v) is 23.9. The molecule has 44 heavy (non-hydrogen) atoms. The van der Waals surface area contributed by atoms with E-state index >= 15 is 0 Å². The van der Waals surface area contributed by atoms with Crippen molar-refractivity contribution in [3.05, 3.63) is 59.7 Å². The number of benzene rings is 1. The molecule has 5 rings (SSSR count). The molecule has 236 valence electrons. The van der Waals surface area contributed by atoms with Crippen molar-refractivity contribution in [1.29, 1.82) is 0 Å². The molecular formula is C28H30F6N8O2. The fourth-order valence-electron chi connectivity index (χ4n) is 5.44. The maximum Gasteiger partial charge on any atom is 0.416 e. The highest BCUT2D eigenvalue weighted by atomic mass is 19.4. The standard InChI is InChI=1S/C28H30F6N8O2/c1-18(43)39-5-7-40(8-6-39)26(44)41-4-3-24(17-41)42(25-35-12-20(13-36-25)21-14-37-38(2)16-21)15-19-9-22(27(29,30)31)11-23(10-19)28(32,33)34/h9-14,16,24H,3-8,15,17H2,1-2H3/t24-/m0/s1. The number of nitrogens with zero attached hydrogens (tertiary/aromatic N) is 8. The van der Waals surface area contributed by atoms with Crippen LogP contribution < -0.4 is 4.90 Å². The Morgan fingerprint density at radius 2 is 1.43 bits per heavy atom. The lowest BCUT2D eigenvalue weighted by Gasteiger charge is -2.36. The maximum atomic E-state index is 13.6. The van der Waals surface area contributed by atoms with Gasteiger partial charge in [0.05, 0.1) is 23.4 Å². The Bertz CT molecular complexity index is 1470. The number of halogens is 6. The minimum atomic E-state index is -4.99. The first-order chi connectivity index (χ1) is 20.7. The molecule has 2 saturated heterocycles. The molecule has 1 atom stereocenters. The zero-order valence-electron chi connectivity index (χ0n) is 23.9. The highest BCUT2D eigenvalue weighted by Crippen LogP contribution is 2.37. The van der Waals surface area contributed by atoms with E-state index in [1.54, 1.807) is 43.7 Å². The molecule has 1 aromatic carbocycles. The van der Waals surface area contributed by atoms with Crippen LogP contribution in [0.25, 0.3) is 11.1 Å². The second kappa shape index (κ2) is 12.0. The predicted octanol–water partition coefficient (Wildman–Crippen LogP) is 4.28. The number of carbonyl (C=O) groups is 2. The van der Waals surface area contributed by atoms with E-state index in [2.05, 4.69) is 15.1 Å². The zero-order chi connectivity index (χ0) is 31.8. The highest BCUT2D eigenvalue weighted by molar-refractivity contribution is 5.76. The lowest BCUT2D eigenvalue weighted by atomic mass is 10.0. The molecule has 0 spiro atoms. The Labute approximate surface area is 248 Å². The third-order valence-electron chi connectivity index (χ3n) is 7.80. The van der Waals surface area contributed by atoms with E-state index in [0.29, 0.717) is 56.8 Å².